The van der Waals surface area contributed by atoms with E-state index >= 15 is 0 Å². The van der Waals surface area contributed by atoms with Crippen molar-refractivity contribution in [2.45, 2.75) is 33.7 Å². The Morgan fingerprint density at radius 2 is 1.88 bits per heavy atom. The van der Waals surface area contributed by atoms with Crippen molar-refractivity contribution in [2.75, 3.05) is 19.6 Å². The van der Waals surface area contributed by atoms with Gasteiger partial charge >= 0.3 is 0 Å². The molecular formula is C15H24N2. The van der Waals surface area contributed by atoms with E-state index in [0.717, 1.165) is 13.1 Å². The standard InChI is InChI=1S/C15H24N2/c1-11-6-12(2)15(13(3)7-11)10-17-5-4-14(8-16)9-17/h6-7,14H,4-5,8-10,16H2,1-3H3. The number of hydrogen-bond donors (Lipinski definition) is 1. The van der Waals surface area contributed by atoms with Crippen LogP contribution in [0.25, 0.3) is 0 Å². The maximum atomic E-state index is 5.74. The molecular weight excluding hydrogens is 208 g/mol. The third-order valence-corrected chi connectivity index (χ3v) is 3.93. The molecule has 0 bridgehead atoms. The van der Waals surface area contributed by atoms with Crippen molar-refractivity contribution in [3.8, 4) is 0 Å². The first kappa shape index (κ1) is 12.6. The van der Waals surface area contributed by atoms with Crippen LogP contribution in [0.15, 0.2) is 12.1 Å². The second-order valence-electron chi connectivity index (χ2n) is 5.50. The molecule has 0 aromatic heterocycles. The molecule has 1 aliphatic heterocycles. The summed E-state index contributed by atoms with van der Waals surface area (Å²) >= 11 is 0. The maximum absolute atomic E-state index is 5.74. The second kappa shape index (κ2) is 5.19. The molecule has 2 rings (SSSR count). The molecule has 0 amide bonds. The van der Waals surface area contributed by atoms with Gasteiger partial charge in [-0.1, -0.05) is 17.7 Å². The Balaban J connectivity index is 2.09. The van der Waals surface area contributed by atoms with Gasteiger partial charge < -0.3 is 5.73 Å². The molecule has 1 heterocycles. The van der Waals surface area contributed by atoms with E-state index in [-0.39, 0.29) is 0 Å². The van der Waals surface area contributed by atoms with Gasteiger partial charge in [-0.15, -0.1) is 0 Å². The summed E-state index contributed by atoms with van der Waals surface area (Å²) in [5.74, 6) is 0.709. The molecule has 1 aliphatic rings. The molecule has 94 valence electrons. The summed E-state index contributed by atoms with van der Waals surface area (Å²) in [7, 11) is 0. The molecule has 17 heavy (non-hydrogen) atoms. The number of rotatable bonds is 3. The molecule has 1 fully saturated rings. The summed E-state index contributed by atoms with van der Waals surface area (Å²) in [6.07, 6.45) is 1.26. The van der Waals surface area contributed by atoms with E-state index in [0.29, 0.717) is 5.92 Å². The summed E-state index contributed by atoms with van der Waals surface area (Å²) < 4.78 is 0. The monoisotopic (exact) mass is 232 g/mol. The lowest BCUT2D eigenvalue weighted by molar-refractivity contribution is 0.316. The van der Waals surface area contributed by atoms with Crippen LogP contribution in [0.3, 0.4) is 0 Å². The summed E-state index contributed by atoms with van der Waals surface area (Å²) in [4.78, 5) is 2.54. The Morgan fingerprint density at radius 3 is 2.41 bits per heavy atom. The zero-order valence-corrected chi connectivity index (χ0v) is 11.3. The Kier molecular flexibility index (Phi) is 3.85. The maximum Gasteiger partial charge on any atom is 0.0239 e. The Morgan fingerprint density at radius 1 is 1.24 bits per heavy atom. The third kappa shape index (κ3) is 2.88. The largest absolute Gasteiger partial charge is 0.330 e. The van der Waals surface area contributed by atoms with Crippen LogP contribution in [-0.2, 0) is 6.54 Å². The molecule has 2 heteroatoms. The van der Waals surface area contributed by atoms with Gasteiger partial charge in [0.25, 0.3) is 0 Å². The minimum Gasteiger partial charge on any atom is -0.330 e. The molecule has 0 radical (unpaired) electrons. The van der Waals surface area contributed by atoms with Gasteiger partial charge in [-0.25, -0.2) is 0 Å². The predicted octanol–water partition coefficient (Wildman–Crippen LogP) is 2.39. The topological polar surface area (TPSA) is 29.3 Å². The highest BCUT2D eigenvalue weighted by Gasteiger charge is 2.21. The number of likely N-dealkylation sites (tertiary alicyclic amines) is 1. The zero-order chi connectivity index (χ0) is 12.4. The van der Waals surface area contributed by atoms with Crippen molar-refractivity contribution in [1.82, 2.24) is 4.90 Å². The van der Waals surface area contributed by atoms with E-state index in [1.54, 1.807) is 0 Å². The molecule has 1 unspecified atom stereocenters. The van der Waals surface area contributed by atoms with Crippen LogP contribution in [0.1, 0.15) is 28.7 Å². The summed E-state index contributed by atoms with van der Waals surface area (Å²) in [5, 5.41) is 0. The van der Waals surface area contributed by atoms with Gasteiger partial charge in [0, 0.05) is 13.1 Å². The average molecular weight is 232 g/mol. The average Bonchev–Trinajstić information content (AvgIpc) is 2.71. The third-order valence-electron chi connectivity index (χ3n) is 3.93. The molecule has 1 aromatic carbocycles. The van der Waals surface area contributed by atoms with Gasteiger partial charge in [0.05, 0.1) is 0 Å². The van der Waals surface area contributed by atoms with E-state index in [9.17, 15) is 0 Å². The van der Waals surface area contributed by atoms with Crippen molar-refractivity contribution in [2.24, 2.45) is 11.7 Å². The zero-order valence-electron chi connectivity index (χ0n) is 11.3. The molecule has 2 N–H and O–H groups in total. The van der Waals surface area contributed by atoms with E-state index in [4.69, 9.17) is 5.73 Å². The highest BCUT2D eigenvalue weighted by atomic mass is 15.1. The molecule has 1 saturated heterocycles. The quantitative estimate of drug-likeness (QED) is 0.867. The van der Waals surface area contributed by atoms with Gasteiger partial charge in [0.15, 0.2) is 0 Å². The lowest BCUT2D eigenvalue weighted by atomic mass is 9.99. The molecule has 2 nitrogen and oxygen atoms in total. The summed E-state index contributed by atoms with van der Waals surface area (Å²) in [6, 6.07) is 4.58. The summed E-state index contributed by atoms with van der Waals surface area (Å²) in [6.45, 7) is 10.9. The molecule has 1 atom stereocenters. The number of benzene rings is 1. The van der Waals surface area contributed by atoms with Crippen molar-refractivity contribution in [3.05, 3.63) is 34.4 Å². The van der Waals surface area contributed by atoms with Crippen LogP contribution >= 0.6 is 0 Å². The minimum absolute atomic E-state index is 0.709. The van der Waals surface area contributed by atoms with Gasteiger partial charge in [-0.3, -0.25) is 4.90 Å². The van der Waals surface area contributed by atoms with Crippen LogP contribution < -0.4 is 5.73 Å². The number of nitrogens with two attached hydrogens (primary N) is 1. The van der Waals surface area contributed by atoms with Gasteiger partial charge in [0.2, 0.25) is 0 Å². The molecule has 1 aromatic rings. The van der Waals surface area contributed by atoms with E-state index in [1.807, 2.05) is 0 Å². The Hall–Kier alpha value is -0.860. The highest BCUT2D eigenvalue weighted by Crippen LogP contribution is 2.22. The minimum atomic E-state index is 0.709. The molecule has 0 saturated carbocycles. The predicted molar refractivity (Wildman–Crippen MR) is 73.1 cm³/mol. The van der Waals surface area contributed by atoms with E-state index in [1.165, 1.54) is 41.8 Å². The van der Waals surface area contributed by atoms with Crippen molar-refractivity contribution in [3.63, 3.8) is 0 Å². The highest BCUT2D eigenvalue weighted by molar-refractivity contribution is 5.37. The van der Waals surface area contributed by atoms with E-state index < -0.39 is 0 Å². The number of aryl methyl sites for hydroxylation is 3. The molecule has 0 spiro atoms. The second-order valence-corrected chi connectivity index (χ2v) is 5.50. The van der Waals surface area contributed by atoms with Crippen molar-refractivity contribution in [1.29, 1.82) is 0 Å². The number of hydrogen-bond acceptors (Lipinski definition) is 2. The van der Waals surface area contributed by atoms with Crippen LogP contribution in [0.2, 0.25) is 0 Å². The Labute approximate surface area is 105 Å². The van der Waals surface area contributed by atoms with Crippen molar-refractivity contribution < 1.29 is 0 Å². The van der Waals surface area contributed by atoms with Crippen LogP contribution in [0, 0.1) is 26.7 Å². The first-order valence-electron chi connectivity index (χ1n) is 6.59. The van der Waals surface area contributed by atoms with Gasteiger partial charge in [0.1, 0.15) is 0 Å². The van der Waals surface area contributed by atoms with Gasteiger partial charge in [-0.05, 0) is 62.9 Å². The first-order valence-corrected chi connectivity index (χ1v) is 6.59. The smallest absolute Gasteiger partial charge is 0.0239 e. The lowest BCUT2D eigenvalue weighted by Gasteiger charge is -2.19. The normalized spacial score (nSPS) is 21.1. The first-order chi connectivity index (χ1) is 8.10. The Bertz CT molecular complexity index is 375. The van der Waals surface area contributed by atoms with Crippen LogP contribution in [-0.4, -0.2) is 24.5 Å². The van der Waals surface area contributed by atoms with Gasteiger partial charge in [-0.2, -0.15) is 0 Å². The fraction of sp³-hybridized carbons (Fsp3) is 0.600. The van der Waals surface area contributed by atoms with Crippen LogP contribution in [0.4, 0.5) is 0 Å². The fourth-order valence-corrected chi connectivity index (χ4v) is 2.93. The molecule has 0 aliphatic carbocycles. The van der Waals surface area contributed by atoms with Crippen LogP contribution in [0.5, 0.6) is 0 Å². The summed E-state index contributed by atoms with van der Waals surface area (Å²) in [5.41, 5.74) is 11.5. The van der Waals surface area contributed by atoms with Crippen molar-refractivity contribution >= 4 is 0 Å². The number of nitrogens with zero attached hydrogens (tertiary/aromatic N) is 1. The lowest BCUT2D eigenvalue weighted by Crippen LogP contribution is -2.23. The SMILES string of the molecule is Cc1cc(C)c(CN2CCC(CN)C2)c(C)c1. The fourth-order valence-electron chi connectivity index (χ4n) is 2.93. The van der Waals surface area contributed by atoms with E-state index in [2.05, 4.69) is 37.8 Å².